The Labute approximate surface area is 278 Å². The number of nitrogens with two attached hydrogens (primary N) is 1. The molecule has 0 radical (unpaired) electrons. The van der Waals surface area contributed by atoms with Crippen molar-refractivity contribution in [1.82, 2.24) is 20.2 Å². The van der Waals surface area contributed by atoms with Crippen LogP contribution in [0.15, 0.2) is 61.1 Å². The molecule has 0 unspecified atom stereocenters. The van der Waals surface area contributed by atoms with Crippen molar-refractivity contribution >= 4 is 45.8 Å². The van der Waals surface area contributed by atoms with Crippen LogP contribution in [0.3, 0.4) is 0 Å². The average Bonchev–Trinajstić information content (AvgIpc) is 3.37. The fraction of sp³-hybridized carbons (Fsp3) is 0.265. The predicted octanol–water partition coefficient (Wildman–Crippen LogP) is 5.98. The van der Waals surface area contributed by atoms with Crippen LogP contribution in [-0.2, 0) is 16.6 Å². The van der Waals surface area contributed by atoms with Crippen LogP contribution in [0.5, 0.6) is 0 Å². The topological polar surface area (TPSA) is 123 Å². The molecule has 1 aliphatic rings. The van der Waals surface area contributed by atoms with E-state index in [9.17, 15) is 27.2 Å². The van der Waals surface area contributed by atoms with Crippen LogP contribution >= 0.6 is 11.6 Å². The summed E-state index contributed by atoms with van der Waals surface area (Å²) in [4.78, 5) is 28.7. The maximum Gasteiger partial charge on any atom is 0.405 e. The van der Waals surface area contributed by atoms with Crippen molar-refractivity contribution in [1.29, 1.82) is 0 Å². The number of alkyl halides is 3. The summed E-state index contributed by atoms with van der Waals surface area (Å²) < 4.78 is 59.3. The summed E-state index contributed by atoms with van der Waals surface area (Å²) in [7, 11) is 1.81. The van der Waals surface area contributed by atoms with Gasteiger partial charge in [0.25, 0.3) is 11.8 Å². The van der Waals surface area contributed by atoms with Crippen LogP contribution in [0.4, 0.5) is 29.1 Å². The number of anilines is 2. The Morgan fingerprint density at radius 2 is 1.85 bits per heavy atom. The van der Waals surface area contributed by atoms with E-state index in [0.717, 1.165) is 25.9 Å². The number of nitrogens with one attached hydrogen (secondary N) is 3. The van der Waals surface area contributed by atoms with E-state index < -0.39 is 30.4 Å². The van der Waals surface area contributed by atoms with E-state index in [2.05, 4.69) is 34.0 Å². The summed E-state index contributed by atoms with van der Waals surface area (Å²) >= 11 is 6.48. The van der Waals surface area contributed by atoms with E-state index in [-0.39, 0.29) is 29.1 Å². The summed E-state index contributed by atoms with van der Waals surface area (Å²) in [6, 6.07) is 10.9. The van der Waals surface area contributed by atoms with Gasteiger partial charge in [0.2, 0.25) is 0 Å². The molecule has 4 aromatic rings. The number of carbonyl (C=O) groups excluding carboxylic acids is 2. The number of aromatic nitrogens is 2. The number of amides is 2. The molecule has 5 rings (SSSR count). The zero-order valence-corrected chi connectivity index (χ0v) is 26.5. The molecule has 9 nitrogen and oxygen atoms in total. The number of ether oxygens (including phenoxy) is 1. The number of rotatable bonds is 8. The summed E-state index contributed by atoms with van der Waals surface area (Å²) in [5.74, 6) is 3.29. The second-order valence-corrected chi connectivity index (χ2v) is 11.5. The number of nitrogens with zero attached hydrogens (tertiary/aromatic N) is 2. The Morgan fingerprint density at radius 1 is 1.17 bits per heavy atom. The van der Waals surface area contributed by atoms with Crippen LogP contribution in [-0.4, -0.2) is 59.9 Å². The van der Waals surface area contributed by atoms with Gasteiger partial charge in [0.15, 0.2) is 5.83 Å². The van der Waals surface area contributed by atoms with Gasteiger partial charge in [-0.2, -0.15) is 13.2 Å². The third-order valence-electron chi connectivity index (χ3n) is 7.75. The summed E-state index contributed by atoms with van der Waals surface area (Å²) in [5, 5.41) is 7.97. The van der Waals surface area contributed by atoms with Gasteiger partial charge in [-0.15, -0.1) is 0 Å². The molecule has 0 atom stereocenters. The molecule has 0 aliphatic carbocycles. The number of nitrogen functional groups attached to an aromatic ring is 1. The standard InChI is InChI=1S/C34H31ClF4N6O3/c1-19(36)32(46)44-23-8-5-20(6-9-23)29-27(21-7-10-25(26(35)16-21)33(47)43-18-34(37,38)39)28-30(45(29)2)22(17-42-31(28)40)4-3-15-48-24-11-13-41-14-12-24/h5-10,16-17,24,41H,1,11-15,18H2,2H3,(H2,40,42)(H,43,47)(H,44,46). The number of piperidine rings is 1. The van der Waals surface area contributed by atoms with Crippen molar-refractivity contribution in [3.05, 3.63) is 77.2 Å². The van der Waals surface area contributed by atoms with Crippen LogP contribution in [0.25, 0.3) is 33.3 Å². The van der Waals surface area contributed by atoms with Gasteiger partial charge >= 0.3 is 6.18 Å². The Balaban J connectivity index is 1.61. The largest absolute Gasteiger partial charge is 0.405 e. The minimum Gasteiger partial charge on any atom is -0.383 e. The van der Waals surface area contributed by atoms with Gasteiger partial charge in [-0.3, -0.25) is 9.59 Å². The number of aryl methyl sites for hydroxylation is 1. The minimum absolute atomic E-state index is 0.0859. The van der Waals surface area contributed by atoms with Crippen LogP contribution in [0, 0.1) is 11.8 Å². The maximum absolute atomic E-state index is 13.3. The van der Waals surface area contributed by atoms with Crippen LogP contribution in [0.2, 0.25) is 5.02 Å². The lowest BCUT2D eigenvalue weighted by Gasteiger charge is -2.21. The lowest BCUT2D eigenvalue weighted by Crippen LogP contribution is -2.33. The van der Waals surface area contributed by atoms with Crippen molar-refractivity contribution in [2.75, 3.05) is 37.3 Å². The van der Waals surface area contributed by atoms with E-state index in [4.69, 9.17) is 22.1 Å². The molecule has 0 spiro atoms. The summed E-state index contributed by atoms with van der Waals surface area (Å²) in [6.07, 6.45) is -1.11. The van der Waals surface area contributed by atoms with E-state index in [1.54, 1.807) is 43.6 Å². The average molecular weight is 683 g/mol. The molecule has 48 heavy (non-hydrogen) atoms. The molecule has 2 aromatic heterocycles. The van der Waals surface area contributed by atoms with Gasteiger partial charge in [-0.05, 0) is 61.3 Å². The molecule has 2 aromatic carbocycles. The molecule has 0 saturated carbocycles. The van der Waals surface area contributed by atoms with Gasteiger partial charge in [0.05, 0.1) is 38.9 Å². The smallest absolute Gasteiger partial charge is 0.383 e. The molecule has 14 heteroatoms. The van der Waals surface area contributed by atoms with Gasteiger partial charge in [-0.1, -0.05) is 48.2 Å². The van der Waals surface area contributed by atoms with Crippen molar-refractivity contribution in [3.63, 3.8) is 0 Å². The molecule has 3 heterocycles. The van der Waals surface area contributed by atoms with Crippen molar-refractivity contribution < 1.29 is 31.9 Å². The third-order valence-corrected chi connectivity index (χ3v) is 8.07. The fourth-order valence-corrected chi connectivity index (χ4v) is 5.78. The summed E-state index contributed by atoms with van der Waals surface area (Å²) in [5.41, 5.74) is 10.2. The van der Waals surface area contributed by atoms with Gasteiger partial charge in [-0.25, -0.2) is 9.37 Å². The molecular weight excluding hydrogens is 652 g/mol. The summed E-state index contributed by atoms with van der Waals surface area (Å²) in [6.45, 7) is 3.48. The van der Waals surface area contributed by atoms with Gasteiger partial charge in [0.1, 0.15) is 19.0 Å². The highest BCUT2D eigenvalue weighted by Gasteiger charge is 2.29. The second-order valence-electron chi connectivity index (χ2n) is 11.1. The fourth-order valence-electron chi connectivity index (χ4n) is 5.51. The minimum atomic E-state index is -4.59. The van der Waals surface area contributed by atoms with Crippen LogP contribution < -0.4 is 21.7 Å². The number of fused-ring (bicyclic) bond motifs is 1. The molecule has 1 saturated heterocycles. The first-order chi connectivity index (χ1) is 22.8. The highest BCUT2D eigenvalue weighted by Crippen LogP contribution is 2.44. The zero-order valence-electron chi connectivity index (χ0n) is 25.7. The van der Waals surface area contributed by atoms with Crippen LogP contribution in [0.1, 0.15) is 28.8 Å². The molecule has 5 N–H and O–H groups in total. The molecule has 1 fully saturated rings. The molecule has 0 bridgehead atoms. The number of carbonyl (C=O) groups is 2. The van der Waals surface area contributed by atoms with Gasteiger partial charge < -0.3 is 31.0 Å². The monoisotopic (exact) mass is 682 g/mol. The molecule has 250 valence electrons. The van der Waals surface area contributed by atoms with E-state index in [1.807, 2.05) is 9.88 Å². The number of benzene rings is 2. The number of hydrogen-bond acceptors (Lipinski definition) is 6. The van der Waals surface area contributed by atoms with E-state index in [0.29, 0.717) is 44.5 Å². The lowest BCUT2D eigenvalue weighted by atomic mass is 9.96. The quantitative estimate of drug-likeness (QED) is 0.103. The normalized spacial score (nSPS) is 13.5. The first-order valence-corrected chi connectivity index (χ1v) is 15.2. The number of hydrogen-bond donors (Lipinski definition) is 4. The highest BCUT2D eigenvalue weighted by atomic mass is 35.5. The number of halogens is 5. The Kier molecular flexibility index (Phi) is 10.4. The Bertz CT molecular complexity index is 1940. The molecule has 2 amide bonds. The first-order valence-electron chi connectivity index (χ1n) is 14.8. The van der Waals surface area contributed by atoms with Gasteiger partial charge in [0, 0.05) is 24.5 Å². The second kappa shape index (κ2) is 14.5. The van der Waals surface area contributed by atoms with E-state index >= 15 is 0 Å². The van der Waals surface area contributed by atoms with E-state index in [1.165, 1.54) is 12.1 Å². The molecule has 1 aliphatic heterocycles. The lowest BCUT2D eigenvalue weighted by molar-refractivity contribution is -0.123. The molecular formula is C34H31ClF4N6O3. The highest BCUT2D eigenvalue weighted by molar-refractivity contribution is 6.34. The SMILES string of the molecule is C=C(F)C(=O)Nc1ccc(-c2c(-c3ccc(C(=O)NCC(F)(F)F)c(Cl)c3)c3c(N)ncc(C#CCOC4CCNCC4)c3n2C)cc1. The zero-order chi connectivity index (χ0) is 34.6. The number of pyridine rings is 1. The third kappa shape index (κ3) is 7.79. The Morgan fingerprint density at radius 3 is 2.50 bits per heavy atom. The van der Waals surface area contributed by atoms with Crippen molar-refractivity contribution in [2.45, 2.75) is 25.1 Å². The van der Waals surface area contributed by atoms with Crippen molar-refractivity contribution in [2.24, 2.45) is 7.05 Å². The predicted molar refractivity (Wildman–Crippen MR) is 177 cm³/mol. The Hall–Kier alpha value is -4.90. The maximum atomic E-state index is 13.3. The van der Waals surface area contributed by atoms with Crippen molar-refractivity contribution in [3.8, 4) is 34.2 Å². The first kappa shape index (κ1) is 34.4.